The summed E-state index contributed by atoms with van der Waals surface area (Å²) in [7, 11) is 0. The van der Waals surface area contributed by atoms with Gasteiger partial charge in [0.15, 0.2) is 5.82 Å². The maximum atomic E-state index is 12.9. The van der Waals surface area contributed by atoms with Gasteiger partial charge >= 0.3 is 0 Å². The van der Waals surface area contributed by atoms with Gasteiger partial charge in [0.1, 0.15) is 5.82 Å². The number of aryl methyl sites for hydroxylation is 1. The van der Waals surface area contributed by atoms with Crippen LogP contribution in [0.25, 0.3) is 27.8 Å². The van der Waals surface area contributed by atoms with E-state index in [0.717, 1.165) is 22.5 Å². The molecule has 2 aromatic heterocycles. The molecule has 0 saturated heterocycles. The van der Waals surface area contributed by atoms with Gasteiger partial charge in [-0.25, -0.2) is 4.98 Å². The van der Waals surface area contributed by atoms with Gasteiger partial charge in [0.25, 0.3) is 5.56 Å². The molecule has 2 aromatic carbocycles. The molecule has 0 amide bonds. The normalized spacial score (nSPS) is 14.0. The van der Waals surface area contributed by atoms with Crippen LogP contribution in [0.5, 0.6) is 0 Å². The van der Waals surface area contributed by atoms with Crippen LogP contribution in [0.15, 0.2) is 53.3 Å². The van der Waals surface area contributed by atoms with Crippen LogP contribution in [0.1, 0.15) is 30.3 Å². The van der Waals surface area contributed by atoms with Crippen molar-refractivity contribution in [3.8, 4) is 17.1 Å². The number of rotatable bonds is 3. The van der Waals surface area contributed by atoms with Gasteiger partial charge in [-0.3, -0.25) is 9.89 Å². The van der Waals surface area contributed by atoms with Gasteiger partial charge in [0, 0.05) is 16.9 Å². The van der Waals surface area contributed by atoms with Crippen molar-refractivity contribution in [1.82, 2.24) is 25.0 Å². The lowest BCUT2D eigenvalue weighted by molar-refractivity contribution is 0.801. The van der Waals surface area contributed by atoms with Gasteiger partial charge in [-0.1, -0.05) is 30.3 Å². The Hall–Kier alpha value is -3.28. The van der Waals surface area contributed by atoms with E-state index >= 15 is 0 Å². The maximum absolute atomic E-state index is 12.9. The van der Waals surface area contributed by atoms with Crippen LogP contribution in [0, 0.1) is 6.92 Å². The Morgan fingerprint density at radius 3 is 2.69 bits per heavy atom. The van der Waals surface area contributed by atoms with E-state index in [9.17, 15) is 4.79 Å². The third-order valence-electron chi connectivity index (χ3n) is 4.81. The summed E-state index contributed by atoms with van der Waals surface area (Å²) in [5, 5.41) is 13.4. The summed E-state index contributed by atoms with van der Waals surface area (Å²) < 4.78 is 1.45. The fraction of sp³-hybridized carbons (Fsp3) is 0.200. The van der Waals surface area contributed by atoms with Crippen LogP contribution in [-0.2, 0) is 0 Å². The van der Waals surface area contributed by atoms with E-state index in [2.05, 4.69) is 20.3 Å². The fourth-order valence-corrected chi connectivity index (χ4v) is 3.24. The molecule has 0 bridgehead atoms. The minimum atomic E-state index is -0.128. The molecule has 5 rings (SSSR count). The summed E-state index contributed by atoms with van der Waals surface area (Å²) in [4.78, 5) is 17.5. The molecular formula is C20H17N5O. The monoisotopic (exact) mass is 343 g/mol. The van der Waals surface area contributed by atoms with Crippen molar-refractivity contribution in [2.24, 2.45) is 0 Å². The van der Waals surface area contributed by atoms with Crippen molar-refractivity contribution in [2.75, 3.05) is 0 Å². The van der Waals surface area contributed by atoms with Crippen molar-refractivity contribution < 1.29 is 0 Å². The average molecular weight is 343 g/mol. The topological polar surface area (TPSA) is 76.5 Å². The van der Waals surface area contributed by atoms with Gasteiger partial charge < -0.3 is 0 Å². The highest BCUT2D eigenvalue weighted by Gasteiger charge is 2.27. The zero-order valence-electron chi connectivity index (χ0n) is 14.3. The first-order chi connectivity index (χ1) is 12.7. The molecule has 1 aliphatic rings. The predicted octanol–water partition coefficient (Wildman–Crippen LogP) is 3.36. The standard InChI is InChI=1S/C20H17N5O/c1-12-16-7-2-3-8-17(16)20(26)25(24-12)15-6-4-5-14(11-15)19-21-18(22-23-19)13-9-10-13/h2-8,11,13H,9-10H2,1H3,(H,21,22,23). The minimum absolute atomic E-state index is 0.128. The molecule has 26 heavy (non-hydrogen) atoms. The Morgan fingerprint density at radius 2 is 1.88 bits per heavy atom. The summed E-state index contributed by atoms with van der Waals surface area (Å²) in [5.41, 5.74) is 2.26. The second-order valence-corrected chi connectivity index (χ2v) is 6.72. The summed E-state index contributed by atoms with van der Waals surface area (Å²) in [5.74, 6) is 2.12. The van der Waals surface area contributed by atoms with E-state index in [1.165, 1.54) is 17.5 Å². The maximum Gasteiger partial charge on any atom is 0.279 e. The molecule has 4 aromatic rings. The summed E-state index contributed by atoms with van der Waals surface area (Å²) >= 11 is 0. The van der Waals surface area contributed by atoms with E-state index < -0.39 is 0 Å². The third-order valence-corrected chi connectivity index (χ3v) is 4.81. The summed E-state index contributed by atoms with van der Waals surface area (Å²) in [6.07, 6.45) is 2.34. The molecule has 0 atom stereocenters. The van der Waals surface area contributed by atoms with E-state index in [1.54, 1.807) is 0 Å². The van der Waals surface area contributed by atoms with Gasteiger partial charge in [-0.05, 0) is 38.0 Å². The Balaban J connectivity index is 1.63. The predicted molar refractivity (Wildman–Crippen MR) is 99.4 cm³/mol. The lowest BCUT2D eigenvalue weighted by Gasteiger charge is -2.09. The number of aromatic nitrogens is 5. The van der Waals surface area contributed by atoms with Crippen molar-refractivity contribution >= 4 is 10.8 Å². The Labute approximate surface area is 149 Å². The SMILES string of the molecule is Cc1nn(-c2cccc(-c3n[nH]c(C4CC4)n3)c2)c(=O)c2ccccc12. The van der Waals surface area contributed by atoms with E-state index in [4.69, 9.17) is 0 Å². The number of nitrogens with zero attached hydrogens (tertiary/aromatic N) is 4. The van der Waals surface area contributed by atoms with E-state index in [1.807, 2.05) is 55.5 Å². The Morgan fingerprint density at radius 1 is 1.08 bits per heavy atom. The van der Waals surface area contributed by atoms with Crippen molar-refractivity contribution in [1.29, 1.82) is 0 Å². The second-order valence-electron chi connectivity index (χ2n) is 6.72. The molecule has 0 radical (unpaired) electrons. The summed E-state index contributed by atoms with van der Waals surface area (Å²) in [6, 6.07) is 15.2. The molecular weight excluding hydrogens is 326 g/mol. The number of H-pyrrole nitrogens is 1. The van der Waals surface area contributed by atoms with Crippen LogP contribution in [-0.4, -0.2) is 25.0 Å². The molecule has 1 N–H and O–H groups in total. The zero-order chi connectivity index (χ0) is 17.7. The highest BCUT2D eigenvalue weighted by Crippen LogP contribution is 2.38. The average Bonchev–Trinajstić information content (AvgIpc) is 3.41. The lowest BCUT2D eigenvalue weighted by atomic mass is 10.1. The molecule has 1 fully saturated rings. The number of hydrogen-bond donors (Lipinski definition) is 1. The van der Waals surface area contributed by atoms with Crippen LogP contribution in [0.2, 0.25) is 0 Å². The zero-order valence-corrected chi connectivity index (χ0v) is 14.3. The van der Waals surface area contributed by atoms with Crippen molar-refractivity contribution in [3.05, 3.63) is 70.4 Å². The molecule has 6 nitrogen and oxygen atoms in total. The quantitative estimate of drug-likeness (QED) is 0.619. The number of fused-ring (bicyclic) bond motifs is 1. The molecule has 1 saturated carbocycles. The first kappa shape index (κ1) is 15.0. The Bertz CT molecular complexity index is 1190. The second kappa shape index (κ2) is 5.62. The molecule has 0 aliphatic heterocycles. The smallest absolute Gasteiger partial charge is 0.267 e. The minimum Gasteiger partial charge on any atom is -0.267 e. The van der Waals surface area contributed by atoms with Crippen LogP contribution in [0.4, 0.5) is 0 Å². The summed E-state index contributed by atoms with van der Waals surface area (Å²) in [6.45, 7) is 1.92. The largest absolute Gasteiger partial charge is 0.279 e. The molecule has 0 unspecified atom stereocenters. The molecule has 0 spiro atoms. The third kappa shape index (κ3) is 2.42. The van der Waals surface area contributed by atoms with Gasteiger partial charge in [-0.15, -0.1) is 0 Å². The van der Waals surface area contributed by atoms with Crippen molar-refractivity contribution in [3.63, 3.8) is 0 Å². The van der Waals surface area contributed by atoms with Gasteiger partial charge in [0.05, 0.1) is 16.8 Å². The molecule has 1 aliphatic carbocycles. The van der Waals surface area contributed by atoms with Crippen LogP contribution >= 0.6 is 0 Å². The molecule has 128 valence electrons. The van der Waals surface area contributed by atoms with Gasteiger partial charge in [0.2, 0.25) is 0 Å². The number of aromatic amines is 1. The number of nitrogens with one attached hydrogen (secondary N) is 1. The van der Waals surface area contributed by atoms with E-state index in [-0.39, 0.29) is 5.56 Å². The van der Waals surface area contributed by atoms with E-state index in [0.29, 0.717) is 22.8 Å². The number of benzene rings is 2. The van der Waals surface area contributed by atoms with Crippen LogP contribution in [0.3, 0.4) is 0 Å². The molecule has 6 heteroatoms. The van der Waals surface area contributed by atoms with Gasteiger partial charge in [-0.2, -0.15) is 14.9 Å². The van der Waals surface area contributed by atoms with Crippen molar-refractivity contribution in [2.45, 2.75) is 25.7 Å². The highest BCUT2D eigenvalue weighted by atomic mass is 16.1. The first-order valence-electron chi connectivity index (χ1n) is 8.72. The fourth-order valence-electron chi connectivity index (χ4n) is 3.24. The molecule has 2 heterocycles. The first-order valence-corrected chi connectivity index (χ1v) is 8.72. The Kier molecular flexibility index (Phi) is 3.25. The number of hydrogen-bond acceptors (Lipinski definition) is 4. The highest BCUT2D eigenvalue weighted by molar-refractivity contribution is 5.83. The van der Waals surface area contributed by atoms with Crippen LogP contribution < -0.4 is 5.56 Å². The lowest BCUT2D eigenvalue weighted by Crippen LogP contribution is -2.22.